The van der Waals surface area contributed by atoms with Gasteiger partial charge in [0.15, 0.2) is 12.7 Å². The molecule has 0 amide bonds. The maximum Gasteiger partial charge on any atom is 0.344 e. The lowest BCUT2D eigenvalue weighted by Gasteiger charge is -2.20. The first-order valence-electron chi connectivity index (χ1n) is 8.89. The molecule has 6 nitrogen and oxygen atoms in total. The van der Waals surface area contributed by atoms with Crippen molar-refractivity contribution in [2.75, 3.05) is 26.4 Å². The van der Waals surface area contributed by atoms with E-state index in [1.165, 1.54) is 0 Å². The second kappa shape index (κ2) is 10.6. The van der Waals surface area contributed by atoms with Crippen LogP contribution >= 0.6 is 0 Å². The van der Waals surface area contributed by atoms with Crippen LogP contribution in [0.2, 0.25) is 0 Å². The highest BCUT2D eigenvalue weighted by atomic mass is 16.6. The molecule has 0 aliphatic rings. The maximum absolute atomic E-state index is 11.4. The Morgan fingerprint density at radius 2 is 2.00 bits per heavy atom. The van der Waals surface area contributed by atoms with Crippen LogP contribution in [0.15, 0.2) is 36.4 Å². The predicted molar refractivity (Wildman–Crippen MR) is 103 cm³/mol. The Bertz CT molecular complexity index is 753. The van der Waals surface area contributed by atoms with Crippen LogP contribution in [0.4, 0.5) is 0 Å². The summed E-state index contributed by atoms with van der Waals surface area (Å²) in [5.41, 5.74) is 1.97. The van der Waals surface area contributed by atoms with Crippen molar-refractivity contribution >= 4 is 19.4 Å². The van der Waals surface area contributed by atoms with E-state index in [2.05, 4.69) is 4.98 Å². The van der Waals surface area contributed by atoms with Gasteiger partial charge in [0.1, 0.15) is 19.3 Å². The number of benzene rings is 1. The molecule has 1 aromatic carbocycles. The van der Waals surface area contributed by atoms with E-state index in [9.17, 15) is 4.79 Å². The van der Waals surface area contributed by atoms with Crippen molar-refractivity contribution in [3.8, 4) is 11.5 Å². The van der Waals surface area contributed by atoms with E-state index < -0.39 is 5.97 Å². The van der Waals surface area contributed by atoms with E-state index in [-0.39, 0.29) is 12.7 Å². The van der Waals surface area contributed by atoms with Crippen molar-refractivity contribution in [1.82, 2.24) is 4.98 Å². The molecule has 0 aliphatic heterocycles. The number of aromatic nitrogens is 1. The van der Waals surface area contributed by atoms with E-state index in [0.717, 1.165) is 5.56 Å². The van der Waals surface area contributed by atoms with E-state index in [4.69, 9.17) is 26.8 Å². The van der Waals surface area contributed by atoms with Gasteiger partial charge in [-0.3, -0.25) is 4.98 Å². The van der Waals surface area contributed by atoms with Crippen molar-refractivity contribution < 1.29 is 23.7 Å². The molecule has 1 aromatic heterocycles. The van der Waals surface area contributed by atoms with Crippen molar-refractivity contribution in [3.05, 3.63) is 47.7 Å². The zero-order chi connectivity index (χ0) is 19.6. The van der Waals surface area contributed by atoms with Crippen LogP contribution in [0.5, 0.6) is 11.5 Å². The summed E-state index contributed by atoms with van der Waals surface area (Å²) in [4.78, 5) is 15.7. The minimum absolute atomic E-state index is 0.130. The SMILES string of the molecule is [B]c1cccc(C(COCC)Oc2ccc(OCC(=O)OCC)c(C)c2)n1. The van der Waals surface area contributed by atoms with Crippen LogP contribution in [0.3, 0.4) is 0 Å². The van der Waals surface area contributed by atoms with Gasteiger partial charge in [-0.1, -0.05) is 12.1 Å². The Morgan fingerprint density at radius 1 is 1.19 bits per heavy atom. The molecule has 0 N–H and O–H groups in total. The Balaban J connectivity index is 2.08. The molecule has 142 valence electrons. The summed E-state index contributed by atoms with van der Waals surface area (Å²) >= 11 is 0. The van der Waals surface area contributed by atoms with Crippen LogP contribution in [-0.4, -0.2) is 45.2 Å². The highest BCUT2D eigenvalue weighted by Crippen LogP contribution is 2.27. The first-order valence-corrected chi connectivity index (χ1v) is 8.89. The molecule has 0 spiro atoms. The number of aryl methyl sites for hydroxylation is 1. The van der Waals surface area contributed by atoms with Crippen LogP contribution in [0.1, 0.15) is 31.2 Å². The van der Waals surface area contributed by atoms with Gasteiger partial charge in [0.25, 0.3) is 0 Å². The van der Waals surface area contributed by atoms with Crippen LogP contribution < -0.4 is 15.1 Å². The summed E-state index contributed by atoms with van der Waals surface area (Å²) in [6.07, 6.45) is -0.390. The smallest absolute Gasteiger partial charge is 0.344 e. The summed E-state index contributed by atoms with van der Waals surface area (Å²) in [6, 6.07) is 10.8. The molecule has 0 aliphatic carbocycles. The highest BCUT2D eigenvalue weighted by molar-refractivity contribution is 6.30. The third-order valence-electron chi connectivity index (χ3n) is 3.67. The van der Waals surface area contributed by atoms with Gasteiger partial charge in [0.05, 0.1) is 18.9 Å². The number of pyridine rings is 1. The lowest BCUT2D eigenvalue weighted by molar-refractivity contribution is -0.145. The molecule has 0 saturated carbocycles. The van der Waals surface area contributed by atoms with E-state index >= 15 is 0 Å². The number of hydrogen-bond donors (Lipinski definition) is 0. The number of ether oxygens (including phenoxy) is 4. The second-order valence-corrected chi connectivity index (χ2v) is 5.77. The molecule has 0 saturated heterocycles. The molecule has 0 bridgehead atoms. The van der Waals surface area contributed by atoms with Gasteiger partial charge in [-0.2, -0.15) is 0 Å². The number of rotatable bonds is 10. The molecule has 27 heavy (non-hydrogen) atoms. The van der Waals surface area contributed by atoms with Gasteiger partial charge < -0.3 is 18.9 Å². The molecule has 2 rings (SSSR count). The lowest BCUT2D eigenvalue weighted by Crippen LogP contribution is -2.20. The van der Waals surface area contributed by atoms with Crippen LogP contribution in [-0.2, 0) is 14.3 Å². The summed E-state index contributed by atoms with van der Waals surface area (Å²) in [5.74, 6) is 0.838. The fraction of sp³-hybridized carbons (Fsp3) is 0.400. The Kier molecular flexibility index (Phi) is 8.14. The third-order valence-corrected chi connectivity index (χ3v) is 3.67. The highest BCUT2D eigenvalue weighted by Gasteiger charge is 2.16. The molecular formula is C20H24BNO5. The molecule has 2 radical (unpaired) electrons. The molecule has 2 aromatic rings. The van der Waals surface area contributed by atoms with Gasteiger partial charge in [-0.25, -0.2) is 4.79 Å². The summed E-state index contributed by atoms with van der Waals surface area (Å²) in [6.45, 7) is 6.67. The largest absolute Gasteiger partial charge is 0.482 e. The van der Waals surface area contributed by atoms with E-state index in [1.54, 1.807) is 25.1 Å². The molecule has 1 heterocycles. The average Bonchev–Trinajstić information content (AvgIpc) is 2.64. The summed E-state index contributed by atoms with van der Waals surface area (Å²) in [5, 5.41) is 0. The molecular weight excluding hydrogens is 345 g/mol. The van der Waals surface area contributed by atoms with Gasteiger partial charge in [-0.05, 0) is 56.2 Å². The first kappa shape index (κ1) is 20.8. The monoisotopic (exact) mass is 369 g/mol. The molecule has 1 atom stereocenters. The minimum Gasteiger partial charge on any atom is -0.482 e. The fourth-order valence-electron chi connectivity index (χ4n) is 2.41. The minimum atomic E-state index is -0.401. The number of carbonyl (C=O) groups excluding carboxylic acids is 1. The van der Waals surface area contributed by atoms with Crippen molar-refractivity contribution in [3.63, 3.8) is 0 Å². The number of esters is 1. The van der Waals surface area contributed by atoms with Crippen molar-refractivity contribution in [1.29, 1.82) is 0 Å². The summed E-state index contributed by atoms with van der Waals surface area (Å²) < 4.78 is 21.9. The topological polar surface area (TPSA) is 66.9 Å². The Hall–Kier alpha value is -2.54. The van der Waals surface area contributed by atoms with Gasteiger partial charge in [0, 0.05) is 6.61 Å². The van der Waals surface area contributed by atoms with Crippen molar-refractivity contribution in [2.45, 2.75) is 26.9 Å². The number of carbonyl (C=O) groups is 1. The first-order chi connectivity index (χ1) is 13.0. The Morgan fingerprint density at radius 3 is 2.67 bits per heavy atom. The van der Waals surface area contributed by atoms with Crippen LogP contribution in [0.25, 0.3) is 0 Å². The Labute approximate surface area is 161 Å². The van der Waals surface area contributed by atoms with Gasteiger partial charge in [-0.15, -0.1) is 0 Å². The zero-order valence-electron chi connectivity index (χ0n) is 15.9. The molecule has 7 heteroatoms. The fourth-order valence-corrected chi connectivity index (χ4v) is 2.41. The predicted octanol–water partition coefficient (Wildman–Crippen LogP) is 2.28. The van der Waals surface area contributed by atoms with Crippen LogP contribution in [0, 0.1) is 6.92 Å². The second-order valence-electron chi connectivity index (χ2n) is 5.77. The summed E-state index contributed by atoms with van der Waals surface area (Å²) in [7, 11) is 5.78. The van der Waals surface area contributed by atoms with Gasteiger partial charge >= 0.3 is 5.97 Å². The van der Waals surface area contributed by atoms with Crippen molar-refractivity contribution in [2.24, 2.45) is 0 Å². The lowest BCUT2D eigenvalue weighted by atomic mass is 10.0. The zero-order valence-corrected chi connectivity index (χ0v) is 15.9. The quantitative estimate of drug-likeness (QED) is 0.473. The molecule has 1 unspecified atom stereocenters. The average molecular weight is 369 g/mol. The van der Waals surface area contributed by atoms with Gasteiger partial charge in [0.2, 0.25) is 0 Å². The number of nitrogens with zero attached hydrogens (tertiary/aromatic N) is 1. The third kappa shape index (κ3) is 6.60. The molecule has 0 fully saturated rings. The van der Waals surface area contributed by atoms with E-state index in [1.807, 2.05) is 32.0 Å². The normalized spacial score (nSPS) is 11.7. The maximum atomic E-state index is 11.4. The van der Waals surface area contributed by atoms with E-state index in [0.29, 0.717) is 42.6 Å². The number of hydrogen-bond acceptors (Lipinski definition) is 6. The standard InChI is InChI=1S/C20H24BNO5/c1-4-24-12-18(16-7-6-8-19(21)22-16)27-15-9-10-17(14(3)11-15)26-13-20(23)25-5-2/h6-11,18H,4-5,12-13H2,1-3H3.